The minimum absolute atomic E-state index is 0.00420. The SMILES string of the molecule is CN(CCO)CCOCC(F)(F)F. The number of hydrogen-bond donors (Lipinski definition) is 1. The first-order valence-corrected chi connectivity index (χ1v) is 3.89. The molecule has 0 spiro atoms. The third kappa shape index (κ3) is 9.59. The molecule has 0 unspecified atom stereocenters. The summed E-state index contributed by atoms with van der Waals surface area (Å²) in [6.07, 6.45) is -4.25. The van der Waals surface area contributed by atoms with Gasteiger partial charge in [-0.15, -0.1) is 0 Å². The van der Waals surface area contributed by atoms with Gasteiger partial charge in [0.2, 0.25) is 0 Å². The molecule has 0 aliphatic carbocycles. The number of hydrogen-bond acceptors (Lipinski definition) is 3. The number of ether oxygens (including phenoxy) is 1. The fourth-order valence-electron chi connectivity index (χ4n) is 0.691. The molecular formula is C7H14F3NO2. The zero-order valence-corrected chi connectivity index (χ0v) is 7.47. The van der Waals surface area contributed by atoms with E-state index in [-0.39, 0.29) is 13.2 Å². The van der Waals surface area contributed by atoms with Crippen LogP contribution in [0.5, 0.6) is 0 Å². The van der Waals surface area contributed by atoms with Crippen LogP contribution in [0.2, 0.25) is 0 Å². The summed E-state index contributed by atoms with van der Waals surface area (Å²) in [5.74, 6) is 0. The van der Waals surface area contributed by atoms with Gasteiger partial charge in [0, 0.05) is 13.1 Å². The summed E-state index contributed by atoms with van der Waals surface area (Å²) in [6, 6.07) is 0. The molecule has 0 fully saturated rings. The van der Waals surface area contributed by atoms with Crippen LogP contribution in [0.3, 0.4) is 0 Å². The summed E-state index contributed by atoms with van der Waals surface area (Å²) in [5.41, 5.74) is 0. The lowest BCUT2D eigenvalue weighted by atomic mass is 10.5. The number of halogens is 3. The Labute approximate surface area is 75.1 Å². The highest BCUT2D eigenvalue weighted by molar-refractivity contribution is 4.50. The van der Waals surface area contributed by atoms with Crippen molar-refractivity contribution in [1.29, 1.82) is 0 Å². The minimum atomic E-state index is -4.25. The van der Waals surface area contributed by atoms with Crippen LogP contribution in [0.15, 0.2) is 0 Å². The Morgan fingerprint density at radius 3 is 2.38 bits per heavy atom. The van der Waals surface area contributed by atoms with Crippen LogP contribution >= 0.6 is 0 Å². The Hall–Kier alpha value is -0.330. The first-order valence-electron chi connectivity index (χ1n) is 3.89. The molecule has 0 heterocycles. The smallest absolute Gasteiger partial charge is 0.395 e. The fourth-order valence-corrected chi connectivity index (χ4v) is 0.691. The number of aliphatic hydroxyl groups is 1. The van der Waals surface area contributed by atoms with E-state index in [0.717, 1.165) is 0 Å². The van der Waals surface area contributed by atoms with Crippen molar-refractivity contribution < 1.29 is 23.0 Å². The average molecular weight is 201 g/mol. The molecule has 13 heavy (non-hydrogen) atoms. The summed E-state index contributed by atoms with van der Waals surface area (Å²) in [5, 5.41) is 8.46. The highest BCUT2D eigenvalue weighted by Gasteiger charge is 2.27. The van der Waals surface area contributed by atoms with Crippen LogP contribution in [-0.4, -0.2) is 56.1 Å². The van der Waals surface area contributed by atoms with Crippen molar-refractivity contribution in [3.8, 4) is 0 Å². The molecule has 0 amide bonds. The second-order valence-corrected chi connectivity index (χ2v) is 2.69. The van der Waals surface area contributed by atoms with Gasteiger partial charge in [-0.25, -0.2) is 0 Å². The predicted molar refractivity (Wildman–Crippen MR) is 41.5 cm³/mol. The number of likely N-dealkylation sites (N-methyl/N-ethyl adjacent to an activating group) is 1. The summed E-state index contributed by atoms with van der Waals surface area (Å²) in [4.78, 5) is 1.69. The quantitative estimate of drug-likeness (QED) is 0.635. The largest absolute Gasteiger partial charge is 0.411 e. The van der Waals surface area contributed by atoms with Gasteiger partial charge in [0.25, 0.3) is 0 Å². The van der Waals surface area contributed by atoms with Crippen LogP contribution < -0.4 is 0 Å². The molecule has 0 bridgehead atoms. The second-order valence-electron chi connectivity index (χ2n) is 2.69. The van der Waals surface area contributed by atoms with E-state index in [9.17, 15) is 13.2 Å². The van der Waals surface area contributed by atoms with E-state index in [4.69, 9.17) is 5.11 Å². The van der Waals surface area contributed by atoms with Crippen LogP contribution in [0, 0.1) is 0 Å². The Kier molecular flexibility index (Phi) is 6.02. The van der Waals surface area contributed by atoms with Gasteiger partial charge < -0.3 is 14.7 Å². The van der Waals surface area contributed by atoms with E-state index in [1.807, 2.05) is 0 Å². The van der Waals surface area contributed by atoms with E-state index in [1.165, 1.54) is 0 Å². The van der Waals surface area contributed by atoms with Crippen LogP contribution in [0.1, 0.15) is 0 Å². The summed E-state index contributed by atoms with van der Waals surface area (Å²) >= 11 is 0. The molecule has 0 rings (SSSR count). The van der Waals surface area contributed by atoms with Crippen molar-refractivity contribution in [3.63, 3.8) is 0 Å². The number of nitrogens with zero attached hydrogens (tertiary/aromatic N) is 1. The minimum Gasteiger partial charge on any atom is -0.395 e. The molecule has 0 saturated carbocycles. The van der Waals surface area contributed by atoms with E-state index in [0.29, 0.717) is 13.1 Å². The van der Waals surface area contributed by atoms with Gasteiger partial charge in [-0.3, -0.25) is 0 Å². The predicted octanol–water partition coefficient (Wildman–Crippen LogP) is 0.489. The van der Waals surface area contributed by atoms with E-state index in [2.05, 4.69) is 4.74 Å². The van der Waals surface area contributed by atoms with E-state index < -0.39 is 12.8 Å². The molecule has 0 saturated heterocycles. The molecule has 0 aromatic rings. The van der Waals surface area contributed by atoms with Crippen molar-refractivity contribution in [2.24, 2.45) is 0 Å². The van der Waals surface area contributed by atoms with E-state index in [1.54, 1.807) is 11.9 Å². The van der Waals surface area contributed by atoms with Crippen molar-refractivity contribution in [2.75, 3.05) is 40.0 Å². The maximum Gasteiger partial charge on any atom is 0.411 e. The lowest BCUT2D eigenvalue weighted by Crippen LogP contribution is -2.28. The Morgan fingerprint density at radius 1 is 1.31 bits per heavy atom. The monoisotopic (exact) mass is 201 g/mol. The number of rotatable bonds is 6. The molecule has 0 radical (unpaired) electrons. The second kappa shape index (κ2) is 6.17. The molecule has 0 aliphatic heterocycles. The number of aliphatic hydroxyl groups excluding tert-OH is 1. The third-order valence-corrected chi connectivity index (χ3v) is 1.36. The van der Waals surface area contributed by atoms with Gasteiger partial charge in [-0.1, -0.05) is 0 Å². The normalized spacial score (nSPS) is 12.5. The van der Waals surface area contributed by atoms with Gasteiger partial charge in [-0.05, 0) is 7.05 Å². The first-order chi connectivity index (χ1) is 5.95. The first kappa shape index (κ1) is 12.7. The van der Waals surface area contributed by atoms with Gasteiger partial charge in [0.1, 0.15) is 6.61 Å². The highest BCUT2D eigenvalue weighted by atomic mass is 19.4. The molecule has 0 aromatic heterocycles. The van der Waals surface area contributed by atoms with Crippen LogP contribution in [-0.2, 0) is 4.74 Å². The topological polar surface area (TPSA) is 32.7 Å². The van der Waals surface area contributed by atoms with Gasteiger partial charge in [-0.2, -0.15) is 13.2 Å². The molecular weight excluding hydrogens is 187 g/mol. The van der Waals surface area contributed by atoms with Crippen molar-refractivity contribution in [3.05, 3.63) is 0 Å². The molecule has 0 atom stereocenters. The molecule has 80 valence electrons. The van der Waals surface area contributed by atoms with Gasteiger partial charge in [0.15, 0.2) is 0 Å². The van der Waals surface area contributed by atoms with Crippen molar-refractivity contribution >= 4 is 0 Å². The summed E-state index contributed by atoms with van der Waals surface area (Å²) < 4.78 is 39.0. The molecule has 3 nitrogen and oxygen atoms in total. The molecule has 0 aliphatic rings. The maximum absolute atomic E-state index is 11.5. The van der Waals surface area contributed by atoms with Crippen LogP contribution in [0.4, 0.5) is 13.2 Å². The molecule has 0 aromatic carbocycles. The summed E-state index contributed by atoms with van der Waals surface area (Å²) in [6.45, 7) is -0.363. The van der Waals surface area contributed by atoms with Crippen molar-refractivity contribution in [1.82, 2.24) is 4.90 Å². The Bertz CT molecular complexity index is 129. The summed E-state index contributed by atoms with van der Waals surface area (Å²) in [7, 11) is 1.70. The Morgan fingerprint density at radius 2 is 1.92 bits per heavy atom. The van der Waals surface area contributed by atoms with Gasteiger partial charge in [0.05, 0.1) is 13.2 Å². The highest BCUT2D eigenvalue weighted by Crippen LogP contribution is 2.13. The van der Waals surface area contributed by atoms with Crippen LogP contribution in [0.25, 0.3) is 0 Å². The molecule has 6 heteroatoms. The lowest BCUT2D eigenvalue weighted by Gasteiger charge is -2.15. The third-order valence-electron chi connectivity index (χ3n) is 1.36. The number of alkyl halides is 3. The average Bonchev–Trinajstić information content (AvgIpc) is 1.97. The van der Waals surface area contributed by atoms with Crippen molar-refractivity contribution in [2.45, 2.75) is 6.18 Å². The molecule has 1 N–H and O–H groups in total. The fraction of sp³-hybridized carbons (Fsp3) is 1.00. The standard InChI is InChI=1S/C7H14F3NO2/c1-11(2-4-12)3-5-13-6-7(8,9)10/h12H,2-6H2,1H3. The Balaban J connectivity index is 3.25. The zero-order chi connectivity index (χ0) is 10.3. The van der Waals surface area contributed by atoms with Gasteiger partial charge >= 0.3 is 6.18 Å². The van der Waals surface area contributed by atoms with E-state index >= 15 is 0 Å². The zero-order valence-electron chi connectivity index (χ0n) is 7.47. The maximum atomic E-state index is 11.5. The lowest BCUT2D eigenvalue weighted by molar-refractivity contribution is -0.174.